The van der Waals surface area contributed by atoms with Crippen LogP contribution in [0.3, 0.4) is 0 Å². The van der Waals surface area contributed by atoms with Gasteiger partial charge in [0.15, 0.2) is 11.5 Å². The van der Waals surface area contributed by atoms with E-state index in [1.165, 1.54) is 0 Å². The highest BCUT2D eigenvalue weighted by molar-refractivity contribution is 5.92. The molecular weight excluding hydrogens is 298 g/mol. The molecule has 2 heterocycles. The molecule has 1 amide bonds. The van der Waals surface area contributed by atoms with Gasteiger partial charge in [0.25, 0.3) is 5.91 Å². The minimum absolute atomic E-state index is 0.237. The van der Waals surface area contributed by atoms with Crippen molar-refractivity contribution in [2.45, 2.75) is 13.5 Å². The predicted octanol–water partition coefficient (Wildman–Crippen LogP) is 2.58. The van der Waals surface area contributed by atoms with Crippen LogP contribution in [0.25, 0.3) is 11.3 Å². The van der Waals surface area contributed by atoms with Gasteiger partial charge in [0.1, 0.15) is 17.2 Å². The van der Waals surface area contributed by atoms with Crippen LogP contribution in [0, 0.1) is 6.92 Å². The molecule has 0 spiro atoms. The van der Waals surface area contributed by atoms with Gasteiger partial charge in [-0.1, -0.05) is 10.3 Å². The number of benzene rings is 1. The van der Waals surface area contributed by atoms with E-state index in [0.717, 1.165) is 11.3 Å². The van der Waals surface area contributed by atoms with Gasteiger partial charge in [0, 0.05) is 17.7 Å². The predicted molar refractivity (Wildman–Crippen MR) is 80.9 cm³/mol. The number of amides is 1. The van der Waals surface area contributed by atoms with Crippen molar-refractivity contribution >= 4 is 5.91 Å². The average molecular weight is 313 g/mol. The van der Waals surface area contributed by atoms with Crippen LogP contribution in [0.4, 0.5) is 0 Å². The van der Waals surface area contributed by atoms with Crippen molar-refractivity contribution in [1.29, 1.82) is 0 Å². The van der Waals surface area contributed by atoms with Gasteiger partial charge in [-0.15, -0.1) is 0 Å². The number of hydrogen-bond acceptors (Lipinski definition) is 6. The van der Waals surface area contributed by atoms with Crippen LogP contribution in [-0.2, 0) is 6.54 Å². The van der Waals surface area contributed by atoms with Crippen molar-refractivity contribution in [3.05, 3.63) is 53.5 Å². The molecule has 0 saturated carbocycles. The Morgan fingerprint density at radius 2 is 1.96 bits per heavy atom. The third-order valence-corrected chi connectivity index (χ3v) is 3.22. The number of nitrogens with one attached hydrogen (secondary N) is 1. The van der Waals surface area contributed by atoms with Gasteiger partial charge in [-0.2, -0.15) is 0 Å². The molecule has 0 fully saturated rings. The summed E-state index contributed by atoms with van der Waals surface area (Å²) in [6.45, 7) is 1.97. The molecule has 0 unspecified atom stereocenters. The second-order valence-corrected chi connectivity index (χ2v) is 4.92. The summed E-state index contributed by atoms with van der Waals surface area (Å²) in [5, 5.41) is 10.3. The van der Waals surface area contributed by atoms with E-state index >= 15 is 0 Å². The Hall–Kier alpha value is -3.09. The van der Waals surface area contributed by atoms with E-state index in [0.29, 0.717) is 17.2 Å². The molecule has 23 heavy (non-hydrogen) atoms. The highest BCUT2D eigenvalue weighted by atomic mass is 16.5. The maximum Gasteiger partial charge on any atom is 0.273 e. The topological polar surface area (TPSA) is 90.4 Å². The number of carbonyl (C=O) groups excluding carboxylic acids is 1. The average Bonchev–Trinajstić information content (AvgIpc) is 3.22. The van der Waals surface area contributed by atoms with Gasteiger partial charge in [0.05, 0.1) is 13.7 Å². The fourth-order valence-corrected chi connectivity index (χ4v) is 2.02. The molecule has 1 aromatic carbocycles. The molecule has 0 aliphatic heterocycles. The Bertz CT molecular complexity index is 805. The minimum atomic E-state index is -0.323. The maximum absolute atomic E-state index is 11.9. The van der Waals surface area contributed by atoms with Crippen LogP contribution in [-0.4, -0.2) is 23.3 Å². The molecule has 0 atom stereocenters. The Balaban J connectivity index is 1.63. The molecule has 0 bridgehead atoms. The first-order valence-corrected chi connectivity index (χ1v) is 6.97. The van der Waals surface area contributed by atoms with Gasteiger partial charge in [-0.3, -0.25) is 4.79 Å². The molecule has 3 aromatic rings. The Kier molecular flexibility index (Phi) is 4.09. The van der Waals surface area contributed by atoms with Crippen molar-refractivity contribution < 1.29 is 18.6 Å². The lowest BCUT2D eigenvalue weighted by Gasteiger charge is -1.99. The fourth-order valence-electron chi connectivity index (χ4n) is 2.02. The SMILES string of the molecule is COc1ccc(-c2cc(CNC(=O)c3cc(C)on3)no2)cc1. The minimum Gasteiger partial charge on any atom is -0.497 e. The van der Waals surface area contributed by atoms with Crippen molar-refractivity contribution in [1.82, 2.24) is 15.6 Å². The van der Waals surface area contributed by atoms with Crippen LogP contribution in [0.5, 0.6) is 5.75 Å². The Morgan fingerprint density at radius 3 is 2.61 bits per heavy atom. The molecule has 118 valence electrons. The summed E-state index contributed by atoms with van der Waals surface area (Å²) < 4.78 is 15.3. The number of hydrogen-bond donors (Lipinski definition) is 1. The first kappa shape index (κ1) is 14.8. The van der Waals surface area contributed by atoms with Crippen molar-refractivity contribution in [2.75, 3.05) is 7.11 Å². The largest absolute Gasteiger partial charge is 0.497 e. The van der Waals surface area contributed by atoms with Gasteiger partial charge in [-0.05, 0) is 31.2 Å². The molecule has 2 aromatic heterocycles. The lowest BCUT2D eigenvalue weighted by molar-refractivity contribution is 0.0941. The third-order valence-electron chi connectivity index (χ3n) is 3.22. The van der Waals surface area contributed by atoms with Crippen molar-refractivity contribution in [3.63, 3.8) is 0 Å². The van der Waals surface area contributed by atoms with Crippen LogP contribution >= 0.6 is 0 Å². The van der Waals surface area contributed by atoms with E-state index in [2.05, 4.69) is 15.6 Å². The fraction of sp³-hybridized carbons (Fsp3) is 0.188. The number of rotatable bonds is 5. The van der Waals surface area contributed by atoms with E-state index in [-0.39, 0.29) is 18.1 Å². The summed E-state index contributed by atoms with van der Waals surface area (Å²) in [7, 11) is 1.61. The molecule has 7 nitrogen and oxygen atoms in total. The quantitative estimate of drug-likeness (QED) is 0.778. The van der Waals surface area contributed by atoms with Crippen molar-refractivity contribution in [3.8, 4) is 17.1 Å². The molecule has 0 radical (unpaired) electrons. The smallest absolute Gasteiger partial charge is 0.273 e. The molecule has 3 rings (SSSR count). The summed E-state index contributed by atoms with van der Waals surface area (Å²) in [5.74, 6) is 1.65. The zero-order valence-electron chi connectivity index (χ0n) is 12.7. The van der Waals surface area contributed by atoms with Gasteiger partial charge in [-0.25, -0.2) is 0 Å². The first-order chi connectivity index (χ1) is 11.2. The summed E-state index contributed by atoms with van der Waals surface area (Å²) in [5.41, 5.74) is 1.73. The molecule has 0 aliphatic rings. The lowest BCUT2D eigenvalue weighted by Crippen LogP contribution is -2.23. The van der Waals surface area contributed by atoms with E-state index in [4.69, 9.17) is 13.8 Å². The standard InChI is InChI=1S/C16H15N3O4/c1-10-7-14(19-22-10)16(20)17-9-12-8-15(23-18-12)11-3-5-13(21-2)6-4-11/h3-8H,9H2,1-2H3,(H,17,20). The zero-order chi connectivity index (χ0) is 16.2. The normalized spacial score (nSPS) is 10.5. The summed E-state index contributed by atoms with van der Waals surface area (Å²) in [6, 6.07) is 10.8. The number of nitrogens with zero attached hydrogens (tertiary/aromatic N) is 2. The number of ether oxygens (including phenoxy) is 1. The van der Waals surface area contributed by atoms with Gasteiger partial charge < -0.3 is 19.1 Å². The van der Waals surface area contributed by atoms with Crippen LogP contribution in [0.15, 0.2) is 45.4 Å². The molecule has 0 saturated heterocycles. The molecular formula is C16H15N3O4. The highest BCUT2D eigenvalue weighted by Crippen LogP contribution is 2.23. The number of aromatic nitrogens is 2. The molecule has 7 heteroatoms. The Labute approximate surface area is 132 Å². The first-order valence-electron chi connectivity index (χ1n) is 6.97. The second kappa shape index (κ2) is 6.35. The maximum atomic E-state index is 11.9. The number of carbonyl (C=O) groups is 1. The third kappa shape index (κ3) is 3.39. The van der Waals surface area contributed by atoms with E-state index in [1.807, 2.05) is 24.3 Å². The summed E-state index contributed by atoms with van der Waals surface area (Å²) in [6.07, 6.45) is 0. The van der Waals surface area contributed by atoms with E-state index in [9.17, 15) is 4.79 Å². The van der Waals surface area contributed by atoms with Crippen molar-refractivity contribution in [2.24, 2.45) is 0 Å². The van der Waals surface area contributed by atoms with Crippen LogP contribution in [0.2, 0.25) is 0 Å². The van der Waals surface area contributed by atoms with Gasteiger partial charge in [0.2, 0.25) is 0 Å². The van der Waals surface area contributed by atoms with Crippen LogP contribution < -0.4 is 10.1 Å². The zero-order valence-corrected chi connectivity index (χ0v) is 12.7. The summed E-state index contributed by atoms with van der Waals surface area (Å²) >= 11 is 0. The monoisotopic (exact) mass is 313 g/mol. The van der Waals surface area contributed by atoms with E-state index in [1.54, 1.807) is 26.2 Å². The lowest BCUT2D eigenvalue weighted by atomic mass is 10.1. The Morgan fingerprint density at radius 1 is 1.17 bits per heavy atom. The van der Waals surface area contributed by atoms with E-state index < -0.39 is 0 Å². The molecule has 0 aliphatic carbocycles. The summed E-state index contributed by atoms with van der Waals surface area (Å²) in [4.78, 5) is 11.9. The highest BCUT2D eigenvalue weighted by Gasteiger charge is 2.12. The van der Waals surface area contributed by atoms with Gasteiger partial charge >= 0.3 is 0 Å². The number of aryl methyl sites for hydroxylation is 1. The van der Waals surface area contributed by atoms with Crippen LogP contribution in [0.1, 0.15) is 21.9 Å². The molecule has 1 N–H and O–H groups in total. The second-order valence-electron chi connectivity index (χ2n) is 4.92. The number of methoxy groups -OCH3 is 1.